The Morgan fingerprint density at radius 1 is 1.24 bits per heavy atom. The van der Waals surface area contributed by atoms with Gasteiger partial charge in [-0.25, -0.2) is 4.39 Å². The van der Waals surface area contributed by atoms with Crippen LogP contribution in [0.4, 0.5) is 4.39 Å². The van der Waals surface area contributed by atoms with Crippen molar-refractivity contribution in [1.82, 2.24) is 4.90 Å². The third-order valence-corrected chi connectivity index (χ3v) is 5.80. The van der Waals surface area contributed by atoms with Crippen LogP contribution >= 0.6 is 15.9 Å². The summed E-state index contributed by atoms with van der Waals surface area (Å²) in [5.74, 6) is 1.54. The van der Waals surface area contributed by atoms with Gasteiger partial charge < -0.3 is 5.73 Å². The number of nitrogens with zero attached hydrogens (tertiary/aromatic N) is 1. The number of halogens is 2. The molecule has 1 aliphatic carbocycles. The molecule has 0 radical (unpaired) electrons. The van der Waals surface area contributed by atoms with E-state index in [-0.39, 0.29) is 11.9 Å². The average molecular weight is 355 g/mol. The molecule has 1 saturated carbocycles. The van der Waals surface area contributed by atoms with E-state index in [0.29, 0.717) is 6.54 Å². The van der Waals surface area contributed by atoms with Gasteiger partial charge in [0.2, 0.25) is 0 Å². The highest BCUT2D eigenvalue weighted by Gasteiger charge is 2.34. The minimum absolute atomic E-state index is 0.00498. The van der Waals surface area contributed by atoms with Gasteiger partial charge in [0, 0.05) is 29.2 Å². The van der Waals surface area contributed by atoms with Crippen molar-refractivity contribution in [2.45, 2.75) is 38.1 Å². The second-order valence-electron chi connectivity index (χ2n) is 6.51. The van der Waals surface area contributed by atoms with Gasteiger partial charge in [-0.05, 0) is 49.4 Å². The van der Waals surface area contributed by atoms with Crippen molar-refractivity contribution in [2.75, 3.05) is 19.6 Å². The van der Waals surface area contributed by atoms with Crippen molar-refractivity contribution in [3.8, 4) is 0 Å². The zero-order chi connectivity index (χ0) is 14.8. The number of hydrogen-bond donors (Lipinski definition) is 1. The van der Waals surface area contributed by atoms with E-state index in [9.17, 15) is 4.39 Å². The third kappa shape index (κ3) is 3.33. The Bertz CT molecular complexity index is 494. The summed E-state index contributed by atoms with van der Waals surface area (Å²) in [6, 6.07) is 5.18. The average Bonchev–Trinajstić information content (AvgIpc) is 2.51. The van der Waals surface area contributed by atoms with Crippen LogP contribution in [0.5, 0.6) is 0 Å². The molecule has 3 rings (SSSR count). The van der Waals surface area contributed by atoms with E-state index in [1.807, 2.05) is 6.07 Å². The molecule has 1 heterocycles. The van der Waals surface area contributed by atoms with E-state index in [1.165, 1.54) is 38.2 Å². The molecule has 1 aromatic rings. The maximum absolute atomic E-state index is 14.2. The van der Waals surface area contributed by atoms with Gasteiger partial charge in [-0.3, -0.25) is 4.90 Å². The molecular weight excluding hydrogens is 331 g/mol. The van der Waals surface area contributed by atoms with E-state index in [0.717, 1.165) is 35.0 Å². The quantitative estimate of drug-likeness (QED) is 0.885. The number of hydrogen-bond acceptors (Lipinski definition) is 2. The smallest absolute Gasteiger partial charge is 0.128 e. The summed E-state index contributed by atoms with van der Waals surface area (Å²) in [6.45, 7) is 2.61. The lowest BCUT2D eigenvalue weighted by Gasteiger charge is -2.44. The maximum atomic E-state index is 14.2. The van der Waals surface area contributed by atoms with Gasteiger partial charge in [-0.2, -0.15) is 0 Å². The fourth-order valence-corrected chi connectivity index (χ4v) is 4.53. The van der Waals surface area contributed by atoms with Gasteiger partial charge in [0.15, 0.2) is 0 Å². The minimum Gasteiger partial charge on any atom is -0.329 e. The highest BCUT2D eigenvalue weighted by Crippen LogP contribution is 2.39. The van der Waals surface area contributed by atoms with Crippen molar-refractivity contribution in [2.24, 2.45) is 17.6 Å². The number of benzene rings is 1. The van der Waals surface area contributed by atoms with E-state index in [1.54, 1.807) is 6.07 Å². The second kappa shape index (κ2) is 6.76. The lowest BCUT2D eigenvalue weighted by Crippen LogP contribution is -2.45. The molecule has 2 aliphatic rings. The van der Waals surface area contributed by atoms with Crippen LogP contribution in [0, 0.1) is 17.7 Å². The molecule has 2 nitrogen and oxygen atoms in total. The molecule has 0 aromatic heterocycles. The Kier molecular flexibility index (Phi) is 4.97. The fraction of sp³-hybridized carbons (Fsp3) is 0.647. The monoisotopic (exact) mass is 354 g/mol. The van der Waals surface area contributed by atoms with Crippen molar-refractivity contribution >= 4 is 15.9 Å². The molecular formula is C17H24BrFN2. The normalized spacial score (nSPS) is 28.1. The first-order valence-corrected chi connectivity index (χ1v) is 8.87. The van der Waals surface area contributed by atoms with Gasteiger partial charge in [0.1, 0.15) is 5.82 Å². The summed E-state index contributed by atoms with van der Waals surface area (Å²) in [6.07, 6.45) is 6.71. The predicted octanol–water partition coefficient (Wildman–Crippen LogP) is 4.10. The van der Waals surface area contributed by atoms with Crippen LogP contribution in [0.3, 0.4) is 0 Å². The maximum Gasteiger partial charge on any atom is 0.128 e. The molecule has 4 heteroatoms. The predicted molar refractivity (Wildman–Crippen MR) is 87.5 cm³/mol. The van der Waals surface area contributed by atoms with Gasteiger partial charge >= 0.3 is 0 Å². The molecule has 3 unspecified atom stereocenters. The lowest BCUT2D eigenvalue weighted by atomic mass is 9.74. The fourth-order valence-electron chi connectivity index (χ4n) is 4.15. The highest BCUT2D eigenvalue weighted by atomic mass is 79.9. The molecule has 21 heavy (non-hydrogen) atoms. The van der Waals surface area contributed by atoms with Crippen LogP contribution in [0.2, 0.25) is 0 Å². The molecule has 0 amide bonds. The van der Waals surface area contributed by atoms with Crippen LogP contribution in [-0.4, -0.2) is 24.5 Å². The topological polar surface area (TPSA) is 29.3 Å². The van der Waals surface area contributed by atoms with Crippen molar-refractivity contribution in [1.29, 1.82) is 0 Å². The molecule has 0 spiro atoms. The largest absolute Gasteiger partial charge is 0.329 e. The number of nitrogens with two attached hydrogens (primary N) is 1. The molecule has 3 atom stereocenters. The standard InChI is InChI=1S/C17H24BrFN2/c18-14-5-6-16(19)15(9-14)17(10-20)21-8-7-12-3-1-2-4-13(12)11-21/h5-6,9,12-13,17H,1-4,7-8,10-11,20H2. The summed E-state index contributed by atoms with van der Waals surface area (Å²) in [5.41, 5.74) is 6.74. The number of piperidine rings is 1. The first-order valence-electron chi connectivity index (χ1n) is 8.08. The molecule has 0 bridgehead atoms. The summed E-state index contributed by atoms with van der Waals surface area (Å²) < 4.78 is 15.1. The van der Waals surface area contributed by atoms with Gasteiger partial charge in [-0.15, -0.1) is 0 Å². The summed E-state index contributed by atoms with van der Waals surface area (Å²) in [4.78, 5) is 2.41. The second-order valence-corrected chi connectivity index (χ2v) is 7.42. The minimum atomic E-state index is -0.139. The Morgan fingerprint density at radius 2 is 2.00 bits per heavy atom. The summed E-state index contributed by atoms with van der Waals surface area (Å²) in [5, 5.41) is 0. The van der Waals surface area contributed by atoms with Crippen LogP contribution in [0.1, 0.15) is 43.7 Å². The SMILES string of the molecule is NCC(c1cc(Br)ccc1F)N1CCC2CCCCC2C1. The van der Waals surface area contributed by atoms with E-state index in [2.05, 4.69) is 20.8 Å². The van der Waals surface area contributed by atoms with Gasteiger partial charge in [0.05, 0.1) is 0 Å². The van der Waals surface area contributed by atoms with E-state index >= 15 is 0 Å². The molecule has 2 N–H and O–H groups in total. The van der Waals surface area contributed by atoms with E-state index in [4.69, 9.17) is 5.73 Å². The lowest BCUT2D eigenvalue weighted by molar-refractivity contribution is 0.0575. The first kappa shape index (κ1) is 15.4. The molecule has 1 aliphatic heterocycles. The Balaban J connectivity index is 1.78. The molecule has 1 saturated heterocycles. The third-order valence-electron chi connectivity index (χ3n) is 5.30. The molecule has 1 aromatic carbocycles. The van der Waals surface area contributed by atoms with E-state index < -0.39 is 0 Å². The van der Waals surface area contributed by atoms with Crippen molar-refractivity contribution in [3.63, 3.8) is 0 Å². The van der Waals surface area contributed by atoms with Gasteiger partial charge in [0.25, 0.3) is 0 Å². The van der Waals surface area contributed by atoms with Gasteiger partial charge in [-0.1, -0.05) is 35.2 Å². The van der Waals surface area contributed by atoms with Crippen molar-refractivity contribution < 1.29 is 4.39 Å². The molecule has 116 valence electrons. The van der Waals surface area contributed by atoms with Crippen LogP contribution in [0.15, 0.2) is 22.7 Å². The number of rotatable bonds is 3. The van der Waals surface area contributed by atoms with Crippen LogP contribution < -0.4 is 5.73 Å². The highest BCUT2D eigenvalue weighted by molar-refractivity contribution is 9.10. The number of likely N-dealkylation sites (tertiary alicyclic amines) is 1. The number of fused-ring (bicyclic) bond motifs is 1. The Labute approximate surface area is 135 Å². The summed E-state index contributed by atoms with van der Waals surface area (Å²) in [7, 11) is 0. The van der Waals surface area contributed by atoms with Crippen LogP contribution in [0.25, 0.3) is 0 Å². The zero-order valence-corrected chi connectivity index (χ0v) is 14.0. The zero-order valence-electron chi connectivity index (χ0n) is 12.4. The Hall–Kier alpha value is -0.450. The first-order chi connectivity index (χ1) is 10.2. The summed E-state index contributed by atoms with van der Waals surface area (Å²) >= 11 is 3.45. The molecule has 2 fully saturated rings. The van der Waals surface area contributed by atoms with Crippen molar-refractivity contribution in [3.05, 3.63) is 34.1 Å². The Morgan fingerprint density at radius 3 is 2.76 bits per heavy atom. The van der Waals surface area contributed by atoms with Crippen LogP contribution in [-0.2, 0) is 0 Å².